The van der Waals surface area contributed by atoms with Crippen LogP contribution in [0.4, 0.5) is 13.2 Å². The fourth-order valence-corrected chi connectivity index (χ4v) is 6.27. The molecule has 0 unspecified atom stereocenters. The number of carboxylic acids is 2. The number of nitrogens with zero attached hydrogens (tertiary/aromatic N) is 6. The zero-order valence-corrected chi connectivity index (χ0v) is 33.8. The SMILES string of the molecule is COC(=O)c1cccc(Cn2ccc3c(Oc4cc(CN)ncn4)cccc32)c1.NCc1cc(Oc2cccc3c2ccn3Cc2cccc(C(=O)O)c2)ncn1.O=C(O)C(F)(F)F. The van der Waals surface area contributed by atoms with Crippen LogP contribution in [0.2, 0.25) is 0 Å². The summed E-state index contributed by atoms with van der Waals surface area (Å²) in [6, 6.07) is 33.4. The Bertz CT molecular complexity index is 2920. The van der Waals surface area contributed by atoms with Crippen molar-refractivity contribution in [3.8, 4) is 23.3 Å². The summed E-state index contributed by atoms with van der Waals surface area (Å²) in [7, 11) is 1.38. The fraction of sp³-hybridized carbons (Fsp3) is 0.133. The molecule has 8 aromatic rings. The highest BCUT2D eigenvalue weighted by atomic mass is 19.4. The molecule has 0 radical (unpaired) electrons. The molecule has 6 N–H and O–H groups in total. The normalized spacial score (nSPS) is 10.9. The molecule has 0 amide bonds. The van der Waals surface area contributed by atoms with Crippen LogP contribution in [-0.4, -0.2) is 70.5 Å². The second kappa shape index (κ2) is 20.6. The number of aromatic nitrogens is 6. The Kier molecular flexibility index (Phi) is 14.6. The Hall–Kier alpha value is -8.16. The first-order chi connectivity index (χ1) is 30.8. The average molecular weight is 877 g/mol. The number of ether oxygens (including phenoxy) is 3. The van der Waals surface area contributed by atoms with Gasteiger partial charge in [-0.2, -0.15) is 13.2 Å². The van der Waals surface area contributed by atoms with Gasteiger partial charge in [0.15, 0.2) is 0 Å². The van der Waals surface area contributed by atoms with Crippen molar-refractivity contribution < 1.29 is 52.0 Å². The van der Waals surface area contributed by atoms with Gasteiger partial charge in [0.05, 0.1) is 40.7 Å². The summed E-state index contributed by atoms with van der Waals surface area (Å²) < 4.78 is 52.6. The minimum atomic E-state index is -5.08. The van der Waals surface area contributed by atoms with Crippen molar-refractivity contribution in [1.82, 2.24) is 29.1 Å². The number of methoxy groups -OCH3 is 1. The number of aliphatic carboxylic acids is 1. The fourth-order valence-electron chi connectivity index (χ4n) is 6.27. The van der Waals surface area contributed by atoms with Crippen LogP contribution < -0.4 is 20.9 Å². The molecule has 0 fully saturated rings. The minimum Gasteiger partial charge on any atom is -0.478 e. The van der Waals surface area contributed by atoms with Gasteiger partial charge in [0.25, 0.3) is 0 Å². The van der Waals surface area contributed by atoms with Crippen molar-refractivity contribution in [2.24, 2.45) is 11.5 Å². The number of fused-ring (bicyclic) bond motifs is 2. The van der Waals surface area contributed by atoms with Crippen molar-refractivity contribution in [1.29, 1.82) is 0 Å². The van der Waals surface area contributed by atoms with E-state index in [1.54, 1.807) is 36.4 Å². The third kappa shape index (κ3) is 11.6. The average Bonchev–Trinajstić information content (AvgIpc) is 3.91. The topological polar surface area (TPSA) is 233 Å². The summed E-state index contributed by atoms with van der Waals surface area (Å²) in [6.45, 7) is 1.81. The van der Waals surface area contributed by atoms with Crippen molar-refractivity contribution in [3.63, 3.8) is 0 Å². The van der Waals surface area contributed by atoms with E-state index in [9.17, 15) is 27.9 Å². The lowest BCUT2D eigenvalue weighted by molar-refractivity contribution is -0.192. The zero-order valence-electron chi connectivity index (χ0n) is 33.8. The second-order valence-electron chi connectivity index (χ2n) is 13.6. The maximum atomic E-state index is 11.8. The van der Waals surface area contributed by atoms with E-state index in [0.717, 1.165) is 32.9 Å². The lowest BCUT2D eigenvalue weighted by Gasteiger charge is -2.09. The van der Waals surface area contributed by atoms with Gasteiger partial charge in [0.1, 0.15) is 24.2 Å². The molecule has 0 saturated heterocycles. The van der Waals surface area contributed by atoms with Gasteiger partial charge < -0.3 is 45.0 Å². The minimum absolute atomic E-state index is 0.275. The predicted molar refractivity (Wildman–Crippen MR) is 227 cm³/mol. The molecule has 0 spiro atoms. The van der Waals surface area contributed by atoms with E-state index in [2.05, 4.69) is 29.1 Å². The monoisotopic (exact) mass is 876 g/mol. The van der Waals surface area contributed by atoms with Gasteiger partial charge in [-0.3, -0.25) is 0 Å². The van der Waals surface area contributed by atoms with Crippen LogP contribution in [0.15, 0.2) is 134 Å². The third-order valence-corrected chi connectivity index (χ3v) is 9.26. The third-order valence-electron chi connectivity index (χ3n) is 9.26. The molecular formula is C45H39F3N8O8. The van der Waals surface area contributed by atoms with E-state index < -0.39 is 18.1 Å². The number of alkyl halides is 3. The number of halogens is 3. The van der Waals surface area contributed by atoms with E-state index in [-0.39, 0.29) is 11.5 Å². The zero-order chi connectivity index (χ0) is 45.8. The standard InChI is InChI=1S/C22H20N4O3.C21H18N4O3.C2HF3O2/c1-28-22(27)16-5-2-4-15(10-16)13-26-9-8-18-19(26)6-3-7-20(18)29-21-11-17(12-23)24-14-25-21;22-11-16-10-20(24-13-23-16)28-19-6-2-5-18-17(19)7-8-25(18)12-14-3-1-4-15(9-14)21(26)27;3-2(4,5)1(6)7/h2-11,14H,12-13,23H2,1H3;1-10,13H,11-12,22H2,(H,26,27);(H,6,7). The molecule has 4 heterocycles. The lowest BCUT2D eigenvalue weighted by Crippen LogP contribution is -2.21. The number of hydrogen-bond acceptors (Lipinski definition) is 12. The Balaban J connectivity index is 0.000000185. The van der Waals surface area contributed by atoms with Gasteiger partial charge in [-0.25, -0.2) is 34.3 Å². The number of carbonyl (C=O) groups is 3. The van der Waals surface area contributed by atoms with Crippen LogP contribution in [0.5, 0.6) is 23.3 Å². The van der Waals surface area contributed by atoms with Crippen molar-refractivity contribution in [2.75, 3.05) is 7.11 Å². The van der Waals surface area contributed by atoms with Crippen LogP contribution in [-0.2, 0) is 35.7 Å². The maximum absolute atomic E-state index is 11.8. The van der Waals surface area contributed by atoms with Crippen LogP contribution in [0.3, 0.4) is 0 Å². The first-order valence-corrected chi connectivity index (χ1v) is 19.1. The molecule has 0 aliphatic carbocycles. The molecule has 4 aromatic heterocycles. The van der Waals surface area contributed by atoms with Crippen molar-refractivity contribution in [3.05, 3.63) is 168 Å². The molecule has 0 saturated carbocycles. The lowest BCUT2D eigenvalue weighted by atomic mass is 10.1. The Morgan fingerprint density at radius 3 is 1.48 bits per heavy atom. The number of hydrogen-bond donors (Lipinski definition) is 4. The van der Waals surface area contributed by atoms with E-state index in [4.69, 9.17) is 35.6 Å². The summed E-state index contributed by atoms with van der Waals surface area (Å²) >= 11 is 0. The smallest absolute Gasteiger partial charge is 0.478 e. The maximum Gasteiger partial charge on any atom is 0.490 e. The van der Waals surface area contributed by atoms with Gasteiger partial charge in [0.2, 0.25) is 11.8 Å². The van der Waals surface area contributed by atoms with Crippen LogP contribution in [0, 0.1) is 0 Å². The number of esters is 1. The molecule has 19 heteroatoms. The Morgan fingerprint density at radius 2 is 1.06 bits per heavy atom. The molecule has 4 aromatic carbocycles. The predicted octanol–water partition coefficient (Wildman–Crippen LogP) is 7.58. The molecule has 16 nitrogen and oxygen atoms in total. The highest BCUT2D eigenvalue weighted by Crippen LogP contribution is 2.32. The summed E-state index contributed by atoms with van der Waals surface area (Å²) in [5.74, 6) is -1.77. The van der Waals surface area contributed by atoms with E-state index >= 15 is 0 Å². The van der Waals surface area contributed by atoms with Gasteiger partial charge in [-0.15, -0.1) is 0 Å². The second-order valence-corrected chi connectivity index (χ2v) is 13.6. The van der Waals surface area contributed by atoms with E-state index in [1.165, 1.54) is 19.8 Å². The number of nitrogens with two attached hydrogens (primary N) is 2. The highest BCUT2D eigenvalue weighted by molar-refractivity contribution is 5.90. The first-order valence-electron chi connectivity index (χ1n) is 19.1. The number of carbonyl (C=O) groups excluding carboxylic acids is 1. The van der Waals surface area contributed by atoms with Crippen LogP contribution in [0.25, 0.3) is 21.8 Å². The van der Waals surface area contributed by atoms with Crippen LogP contribution in [0.1, 0.15) is 43.2 Å². The number of rotatable bonds is 12. The molecular weight excluding hydrogens is 838 g/mol. The first kappa shape index (κ1) is 45.4. The van der Waals surface area contributed by atoms with Gasteiger partial charge in [-0.05, 0) is 71.8 Å². The Labute approximate surface area is 362 Å². The van der Waals surface area contributed by atoms with Gasteiger partial charge in [0, 0.05) is 61.5 Å². The van der Waals surface area contributed by atoms with Gasteiger partial charge in [-0.1, -0.05) is 36.4 Å². The summed E-state index contributed by atoms with van der Waals surface area (Å²) in [4.78, 5) is 48.3. The summed E-state index contributed by atoms with van der Waals surface area (Å²) in [5, 5.41) is 18.2. The van der Waals surface area contributed by atoms with Crippen molar-refractivity contribution in [2.45, 2.75) is 32.4 Å². The summed E-state index contributed by atoms with van der Waals surface area (Å²) in [6.07, 6.45) is 1.74. The number of benzene rings is 4. The molecule has 0 bridgehead atoms. The van der Waals surface area contributed by atoms with Gasteiger partial charge >= 0.3 is 24.1 Å². The molecule has 328 valence electrons. The summed E-state index contributed by atoms with van der Waals surface area (Å²) in [5.41, 5.74) is 17.4. The number of carboxylic acid groups (broad SMARTS) is 2. The Morgan fingerprint density at radius 1 is 0.625 bits per heavy atom. The van der Waals surface area contributed by atoms with E-state index in [0.29, 0.717) is 66.4 Å². The largest absolute Gasteiger partial charge is 0.490 e. The molecule has 0 aliphatic heterocycles. The highest BCUT2D eigenvalue weighted by Gasteiger charge is 2.38. The molecule has 8 rings (SSSR count). The molecule has 0 aliphatic rings. The molecule has 0 atom stereocenters. The van der Waals surface area contributed by atoms with Crippen LogP contribution >= 0.6 is 0 Å². The van der Waals surface area contributed by atoms with Crippen molar-refractivity contribution >= 4 is 39.7 Å². The number of aromatic carboxylic acids is 1. The van der Waals surface area contributed by atoms with E-state index in [1.807, 2.05) is 85.2 Å². The molecule has 64 heavy (non-hydrogen) atoms. The quantitative estimate of drug-likeness (QED) is 0.0867.